The summed E-state index contributed by atoms with van der Waals surface area (Å²) in [6, 6.07) is 12.7. The quantitative estimate of drug-likeness (QED) is 0.318. The summed E-state index contributed by atoms with van der Waals surface area (Å²) in [5, 5.41) is 3.18. The number of amides is 3. The van der Waals surface area contributed by atoms with Crippen molar-refractivity contribution in [2.45, 2.75) is 39.8 Å². The number of carbonyl (C=O) groups excluding carboxylic acids is 4. The van der Waals surface area contributed by atoms with Crippen molar-refractivity contribution in [3.05, 3.63) is 58.6 Å². The summed E-state index contributed by atoms with van der Waals surface area (Å²) in [5.41, 5.74) is 2.85. The molecule has 3 heterocycles. The van der Waals surface area contributed by atoms with Gasteiger partial charge in [0.2, 0.25) is 12.7 Å². The van der Waals surface area contributed by atoms with Gasteiger partial charge in [-0.05, 0) is 56.3 Å². The number of fused-ring (bicyclic) bond motifs is 2. The molecule has 1 atom stereocenters. The lowest BCUT2D eigenvalue weighted by molar-refractivity contribution is -0.150. The van der Waals surface area contributed by atoms with E-state index in [2.05, 4.69) is 5.32 Å². The molecule has 5 rings (SSSR count). The van der Waals surface area contributed by atoms with Gasteiger partial charge < -0.3 is 24.1 Å². The molecule has 0 saturated carbocycles. The lowest BCUT2D eigenvalue weighted by Crippen LogP contribution is -2.35. The minimum atomic E-state index is -0.630. The molecule has 2 aromatic carbocycles. The molecule has 39 heavy (non-hydrogen) atoms. The Balaban J connectivity index is 1.38. The summed E-state index contributed by atoms with van der Waals surface area (Å²) in [4.78, 5) is 51.9. The van der Waals surface area contributed by atoms with E-state index in [1.54, 1.807) is 31.2 Å². The fraction of sp³-hybridized carbons (Fsp3) is 0.286. The molecule has 0 unspecified atom stereocenters. The second-order valence-corrected chi connectivity index (χ2v) is 10.2. The predicted molar refractivity (Wildman–Crippen MR) is 146 cm³/mol. The molecule has 1 N–H and O–H groups in total. The fourth-order valence-corrected chi connectivity index (χ4v) is 5.22. The molecule has 0 bridgehead atoms. The van der Waals surface area contributed by atoms with Gasteiger partial charge in [-0.15, -0.1) is 0 Å². The summed E-state index contributed by atoms with van der Waals surface area (Å²) in [5.74, 6) is -0.233. The van der Waals surface area contributed by atoms with Crippen LogP contribution in [0.4, 0.5) is 10.5 Å². The number of para-hydroxylation sites is 1. The molecule has 2 aliphatic rings. The van der Waals surface area contributed by atoms with Crippen molar-refractivity contribution in [1.29, 1.82) is 0 Å². The normalized spacial score (nSPS) is 16.3. The molecule has 11 heteroatoms. The number of carbonyl (C=O) groups is 4. The molecule has 202 valence electrons. The molecular formula is C28H27N3O7S. The Kier molecular flexibility index (Phi) is 7.34. The van der Waals surface area contributed by atoms with Crippen molar-refractivity contribution in [3.63, 3.8) is 0 Å². The molecule has 1 fully saturated rings. The highest BCUT2D eigenvalue weighted by Crippen LogP contribution is 2.36. The summed E-state index contributed by atoms with van der Waals surface area (Å²) < 4.78 is 17.8. The Labute approximate surface area is 228 Å². The second kappa shape index (κ2) is 10.9. The minimum absolute atomic E-state index is 0.0254. The average molecular weight is 550 g/mol. The van der Waals surface area contributed by atoms with Crippen LogP contribution in [0.2, 0.25) is 0 Å². The van der Waals surface area contributed by atoms with Crippen LogP contribution in [0.25, 0.3) is 17.0 Å². The third-order valence-electron chi connectivity index (χ3n) is 6.58. The van der Waals surface area contributed by atoms with E-state index in [1.165, 1.54) is 0 Å². The maximum Gasteiger partial charge on any atom is 0.326 e. The second-order valence-electron chi connectivity index (χ2n) is 9.20. The molecule has 10 nitrogen and oxygen atoms in total. The van der Waals surface area contributed by atoms with Crippen molar-refractivity contribution in [2.75, 3.05) is 18.7 Å². The van der Waals surface area contributed by atoms with Gasteiger partial charge in [-0.25, -0.2) is 0 Å². The summed E-state index contributed by atoms with van der Waals surface area (Å²) in [7, 11) is 0. The first-order valence-electron chi connectivity index (χ1n) is 12.5. The van der Waals surface area contributed by atoms with Crippen molar-refractivity contribution in [2.24, 2.45) is 0 Å². The SMILES string of the molecule is CC[C@@H](C)OC(=O)CN1C(=O)S/C(=C\c2c(C)n(CC(=O)Nc3ccc4c(c3)OCO4)c3ccccc23)C1=O. The molecule has 1 saturated heterocycles. The number of hydrogen-bond acceptors (Lipinski definition) is 8. The summed E-state index contributed by atoms with van der Waals surface area (Å²) in [6.45, 7) is 5.21. The highest BCUT2D eigenvalue weighted by atomic mass is 32.2. The van der Waals surface area contributed by atoms with E-state index in [1.807, 2.05) is 42.7 Å². The van der Waals surface area contributed by atoms with E-state index in [0.29, 0.717) is 29.2 Å². The van der Waals surface area contributed by atoms with Crippen LogP contribution in [-0.2, 0) is 25.7 Å². The maximum absolute atomic E-state index is 13.0. The lowest BCUT2D eigenvalue weighted by atomic mass is 10.1. The predicted octanol–water partition coefficient (Wildman–Crippen LogP) is 4.70. The molecule has 3 aromatic rings. The topological polar surface area (TPSA) is 116 Å². The number of thioether (sulfide) groups is 1. The van der Waals surface area contributed by atoms with E-state index >= 15 is 0 Å². The van der Waals surface area contributed by atoms with Gasteiger partial charge in [0.25, 0.3) is 11.1 Å². The van der Waals surface area contributed by atoms with E-state index in [-0.39, 0.29) is 30.3 Å². The number of imide groups is 1. The first kappa shape index (κ1) is 26.4. The fourth-order valence-electron chi connectivity index (χ4n) is 4.40. The molecule has 0 spiro atoms. The monoisotopic (exact) mass is 549 g/mol. The van der Waals surface area contributed by atoms with Crippen LogP contribution in [-0.4, -0.2) is 51.9 Å². The standard InChI is InChI=1S/C28H27N3O7S/c1-4-16(2)38-26(33)14-31-27(34)24(39-28(31)35)12-20-17(3)30(21-8-6-5-7-19(20)21)13-25(32)29-18-9-10-22-23(11-18)37-15-36-22/h5-12,16H,4,13-15H2,1-3H3,(H,29,32)/b24-12-/t16-/m1/s1. The zero-order chi connectivity index (χ0) is 27.7. The van der Waals surface area contributed by atoms with Crippen molar-refractivity contribution in [3.8, 4) is 11.5 Å². The van der Waals surface area contributed by atoms with Crippen molar-refractivity contribution < 1.29 is 33.4 Å². The van der Waals surface area contributed by atoms with Crippen LogP contribution in [0, 0.1) is 6.92 Å². The smallest absolute Gasteiger partial charge is 0.326 e. The molecule has 1 aromatic heterocycles. The number of anilines is 1. The third kappa shape index (κ3) is 5.35. The highest BCUT2D eigenvalue weighted by molar-refractivity contribution is 8.18. The number of nitrogens with zero attached hydrogens (tertiary/aromatic N) is 2. The van der Waals surface area contributed by atoms with E-state index in [0.717, 1.165) is 33.3 Å². The van der Waals surface area contributed by atoms with Crippen LogP contribution >= 0.6 is 11.8 Å². The van der Waals surface area contributed by atoms with Gasteiger partial charge in [-0.1, -0.05) is 25.1 Å². The molecule has 3 amide bonds. The van der Waals surface area contributed by atoms with E-state index in [4.69, 9.17) is 14.2 Å². The van der Waals surface area contributed by atoms with E-state index < -0.39 is 23.7 Å². The molecule has 0 aliphatic carbocycles. The van der Waals surface area contributed by atoms with Crippen LogP contribution in [0.3, 0.4) is 0 Å². The summed E-state index contributed by atoms with van der Waals surface area (Å²) >= 11 is 0.775. The van der Waals surface area contributed by atoms with E-state index in [9.17, 15) is 19.2 Å². The Morgan fingerprint density at radius 1 is 1.13 bits per heavy atom. The Morgan fingerprint density at radius 3 is 2.69 bits per heavy atom. The van der Waals surface area contributed by atoms with Gasteiger partial charge in [0, 0.05) is 33.9 Å². The minimum Gasteiger partial charge on any atom is -0.461 e. The molecule has 2 aliphatic heterocycles. The number of ether oxygens (including phenoxy) is 3. The Bertz CT molecular complexity index is 1530. The van der Waals surface area contributed by atoms with Gasteiger partial charge in [-0.2, -0.15) is 0 Å². The van der Waals surface area contributed by atoms with Crippen LogP contribution in [0.1, 0.15) is 31.5 Å². The zero-order valence-electron chi connectivity index (χ0n) is 21.7. The van der Waals surface area contributed by atoms with Crippen LogP contribution in [0.15, 0.2) is 47.4 Å². The Hall–Kier alpha value is -4.25. The number of benzene rings is 2. The highest BCUT2D eigenvalue weighted by Gasteiger charge is 2.37. The van der Waals surface area contributed by atoms with Crippen LogP contribution < -0.4 is 14.8 Å². The lowest BCUT2D eigenvalue weighted by Gasteiger charge is -2.14. The largest absolute Gasteiger partial charge is 0.461 e. The average Bonchev–Trinajstić information content (AvgIpc) is 3.56. The first-order valence-corrected chi connectivity index (χ1v) is 13.3. The van der Waals surface area contributed by atoms with Crippen LogP contribution in [0.5, 0.6) is 11.5 Å². The van der Waals surface area contributed by atoms with Gasteiger partial charge in [0.15, 0.2) is 11.5 Å². The van der Waals surface area contributed by atoms with Gasteiger partial charge in [-0.3, -0.25) is 24.1 Å². The number of rotatable bonds is 8. The zero-order valence-corrected chi connectivity index (χ0v) is 22.5. The van der Waals surface area contributed by atoms with Gasteiger partial charge >= 0.3 is 5.97 Å². The number of aromatic nitrogens is 1. The number of esters is 1. The van der Waals surface area contributed by atoms with Crippen molar-refractivity contribution in [1.82, 2.24) is 9.47 Å². The van der Waals surface area contributed by atoms with Gasteiger partial charge in [0.1, 0.15) is 13.1 Å². The number of hydrogen-bond donors (Lipinski definition) is 1. The Morgan fingerprint density at radius 2 is 1.90 bits per heavy atom. The first-order chi connectivity index (χ1) is 18.7. The van der Waals surface area contributed by atoms with Gasteiger partial charge in [0.05, 0.1) is 11.0 Å². The summed E-state index contributed by atoms with van der Waals surface area (Å²) in [6.07, 6.45) is 1.98. The maximum atomic E-state index is 13.0. The molecular weight excluding hydrogens is 522 g/mol. The molecule has 0 radical (unpaired) electrons. The third-order valence-corrected chi connectivity index (χ3v) is 7.49. The van der Waals surface area contributed by atoms with Crippen molar-refractivity contribution >= 4 is 57.5 Å². The number of nitrogens with one attached hydrogen (secondary N) is 1.